The van der Waals surface area contributed by atoms with Crippen LogP contribution < -0.4 is 4.90 Å². The van der Waals surface area contributed by atoms with Crippen LogP contribution in [-0.2, 0) is 10.8 Å². The predicted octanol–water partition coefficient (Wildman–Crippen LogP) is 14.5. The van der Waals surface area contributed by atoms with Crippen molar-refractivity contribution in [2.75, 3.05) is 4.90 Å². The van der Waals surface area contributed by atoms with Crippen molar-refractivity contribution < 1.29 is 0 Å². The smallest absolute Gasteiger partial charge is 0.0543 e. The van der Waals surface area contributed by atoms with Gasteiger partial charge in [0, 0.05) is 47.9 Å². The van der Waals surface area contributed by atoms with Crippen LogP contribution in [0.2, 0.25) is 0 Å². The second kappa shape index (κ2) is 11.0. The minimum Gasteiger partial charge on any atom is -0.310 e. The minimum atomic E-state index is 0.138. The SMILES string of the molecule is c1ccc2c(c1)-c1cc(N(c3ccc4sc5ccccc5c4c3)c3cccc4c3-c3ccccc3C43C4CC5CC(C4)CC3C5)ccc1C21CCCCC1. The molecular weight excluding hydrogens is 671 g/mol. The summed E-state index contributed by atoms with van der Waals surface area (Å²) in [7, 11) is 0. The van der Waals surface area contributed by atoms with Crippen molar-refractivity contribution in [2.45, 2.75) is 75.0 Å². The molecule has 0 unspecified atom stereocenters. The van der Waals surface area contributed by atoms with Crippen LogP contribution in [0.5, 0.6) is 0 Å². The molecule has 1 aromatic heterocycles. The highest BCUT2D eigenvalue weighted by molar-refractivity contribution is 7.25. The highest BCUT2D eigenvalue weighted by Gasteiger charge is 2.62. The Labute approximate surface area is 322 Å². The number of rotatable bonds is 3. The largest absolute Gasteiger partial charge is 0.310 e. The number of anilines is 3. The van der Waals surface area contributed by atoms with Gasteiger partial charge in [0.05, 0.1) is 5.69 Å². The van der Waals surface area contributed by atoms with E-state index in [4.69, 9.17) is 0 Å². The van der Waals surface area contributed by atoms with Crippen LogP contribution in [0, 0.1) is 23.7 Å². The zero-order valence-corrected chi connectivity index (χ0v) is 31.7. The van der Waals surface area contributed by atoms with Crippen molar-refractivity contribution in [3.8, 4) is 22.3 Å². The third kappa shape index (κ3) is 3.86. The second-order valence-electron chi connectivity index (χ2n) is 18.0. The van der Waals surface area contributed by atoms with E-state index in [1.165, 1.54) is 124 Å². The van der Waals surface area contributed by atoms with Crippen molar-refractivity contribution in [2.24, 2.45) is 23.7 Å². The maximum absolute atomic E-state index is 2.66. The molecule has 5 fully saturated rings. The van der Waals surface area contributed by atoms with E-state index < -0.39 is 0 Å². The zero-order chi connectivity index (χ0) is 35.2. The standard InChI is InChI=1S/C52H45NS/c1-8-23-51(24-9-1)43-14-5-2-11-38(43)41-30-36(19-21-44(41)51)53(37-20-22-49-42(31-37)39-12-4-7-18-48(39)54-49)47-17-10-16-46-50(47)40-13-3-6-15-45(40)52(46)34-26-32-25-33(28-34)29-35(52)27-32/h2-7,10-22,30-35H,1,8-9,23-29H2. The predicted molar refractivity (Wildman–Crippen MR) is 227 cm³/mol. The molecule has 0 aliphatic heterocycles. The molecule has 1 heterocycles. The molecule has 5 saturated carbocycles. The van der Waals surface area contributed by atoms with Crippen molar-refractivity contribution >= 4 is 48.6 Å². The van der Waals surface area contributed by atoms with Crippen molar-refractivity contribution in [1.29, 1.82) is 0 Å². The Morgan fingerprint density at radius 2 is 1.13 bits per heavy atom. The monoisotopic (exact) mass is 715 g/mol. The van der Waals surface area contributed by atoms with Crippen LogP contribution >= 0.6 is 11.3 Å². The van der Waals surface area contributed by atoms with E-state index in [0.717, 1.165) is 23.7 Å². The zero-order valence-electron chi connectivity index (χ0n) is 30.9. The first-order valence-electron chi connectivity index (χ1n) is 20.9. The van der Waals surface area contributed by atoms with Crippen LogP contribution in [0.25, 0.3) is 42.4 Å². The Kier molecular flexibility index (Phi) is 6.23. The van der Waals surface area contributed by atoms with Gasteiger partial charge in [0.25, 0.3) is 0 Å². The highest BCUT2D eigenvalue weighted by atomic mass is 32.1. The van der Waals surface area contributed by atoms with E-state index in [1.54, 1.807) is 22.3 Å². The summed E-state index contributed by atoms with van der Waals surface area (Å²) in [5.41, 5.74) is 16.4. The second-order valence-corrected chi connectivity index (χ2v) is 19.0. The van der Waals surface area contributed by atoms with E-state index >= 15 is 0 Å². The first-order chi connectivity index (χ1) is 26.7. The topological polar surface area (TPSA) is 3.24 Å². The van der Waals surface area contributed by atoms with Crippen LogP contribution in [0.3, 0.4) is 0 Å². The quantitative estimate of drug-likeness (QED) is 0.176. The van der Waals surface area contributed by atoms with Crippen LogP contribution in [0.1, 0.15) is 86.5 Å². The van der Waals surface area contributed by atoms with E-state index in [9.17, 15) is 0 Å². The average molecular weight is 716 g/mol. The van der Waals surface area contributed by atoms with Gasteiger partial charge >= 0.3 is 0 Å². The van der Waals surface area contributed by atoms with Crippen LogP contribution in [0.4, 0.5) is 17.1 Å². The lowest BCUT2D eigenvalue weighted by atomic mass is 9.43. The molecule has 7 aliphatic carbocycles. The molecule has 2 spiro atoms. The van der Waals surface area contributed by atoms with E-state index in [2.05, 4.69) is 132 Å². The number of thiophene rings is 1. The molecule has 4 bridgehead atoms. The Morgan fingerprint density at radius 3 is 1.96 bits per heavy atom. The van der Waals surface area contributed by atoms with E-state index in [-0.39, 0.29) is 10.8 Å². The first kappa shape index (κ1) is 30.6. The summed E-state index contributed by atoms with van der Waals surface area (Å²) in [6.45, 7) is 0. The van der Waals surface area contributed by atoms with Gasteiger partial charge in [-0.25, -0.2) is 0 Å². The summed E-state index contributed by atoms with van der Waals surface area (Å²) in [5, 5.41) is 2.72. The molecule has 0 atom stereocenters. The molecule has 0 amide bonds. The van der Waals surface area contributed by atoms with E-state index in [1.807, 2.05) is 11.3 Å². The Hall–Kier alpha value is -4.66. The number of hydrogen-bond acceptors (Lipinski definition) is 2. The molecule has 54 heavy (non-hydrogen) atoms. The van der Waals surface area contributed by atoms with Crippen LogP contribution in [0.15, 0.2) is 127 Å². The molecule has 14 rings (SSSR count). The van der Waals surface area contributed by atoms with Gasteiger partial charge in [-0.15, -0.1) is 11.3 Å². The molecule has 6 aromatic carbocycles. The highest BCUT2D eigenvalue weighted by Crippen LogP contribution is 2.70. The lowest BCUT2D eigenvalue weighted by Gasteiger charge is -2.61. The third-order valence-corrected chi connectivity index (χ3v) is 16.8. The number of fused-ring (bicyclic) bond motifs is 11. The van der Waals surface area contributed by atoms with Gasteiger partial charge in [-0.2, -0.15) is 0 Å². The number of hydrogen-bond donors (Lipinski definition) is 0. The van der Waals surface area contributed by atoms with Crippen molar-refractivity contribution in [3.63, 3.8) is 0 Å². The normalized spacial score (nSPS) is 26.4. The Bertz CT molecular complexity index is 2660. The van der Waals surface area contributed by atoms with Gasteiger partial charge in [0.2, 0.25) is 0 Å². The van der Waals surface area contributed by atoms with Crippen molar-refractivity contribution in [1.82, 2.24) is 0 Å². The molecule has 0 radical (unpaired) electrons. The molecule has 264 valence electrons. The Balaban J connectivity index is 1.07. The molecule has 1 nitrogen and oxygen atoms in total. The van der Waals surface area contributed by atoms with Gasteiger partial charge in [0.1, 0.15) is 0 Å². The summed E-state index contributed by atoms with van der Waals surface area (Å²) >= 11 is 1.91. The van der Waals surface area contributed by atoms with Gasteiger partial charge in [0.15, 0.2) is 0 Å². The van der Waals surface area contributed by atoms with Crippen LogP contribution in [-0.4, -0.2) is 0 Å². The lowest BCUT2D eigenvalue weighted by molar-refractivity contribution is -0.0399. The third-order valence-electron chi connectivity index (χ3n) is 15.6. The number of nitrogens with zero attached hydrogens (tertiary/aromatic N) is 1. The van der Waals surface area contributed by atoms with Gasteiger partial charge in [-0.3, -0.25) is 0 Å². The Morgan fingerprint density at radius 1 is 0.481 bits per heavy atom. The van der Waals surface area contributed by atoms with E-state index in [0.29, 0.717) is 0 Å². The molecule has 0 N–H and O–H groups in total. The van der Waals surface area contributed by atoms with Gasteiger partial charge in [-0.05, 0) is 150 Å². The summed E-state index contributed by atoms with van der Waals surface area (Å²) in [6, 6.07) is 50.3. The fraction of sp³-hybridized carbons (Fsp3) is 0.308. The summed E-state index contributed by atoms with van der Waals surface area (Å²) < 4.78 is 2.72. The van der Waals surface area contributed by atoms with Gasteiger partial charge < -0.3 is 4.90 Å². The van der Waals surface area contributed by atoms with Gasteiger partial charge in [-0.1, -0.05) is 104 Å². The first-order valence-corrected chi connectivity index (χ1v) is 21.7. The summed E-state index contributed by atoms with van der Waals surface area (Å²) in [5.74, 6) is 3.36. The van der Waals surface area contributed by atoms with Crippen molar-refractivity contribution in [3.05, 3.63) is 150 Å². The molecule has 7 aliphatic rings. The maximum atomic E-state index is 2.66. The fourth-order valence-electron chi connectivity index (χ4n) is 13.9. The molecule has 7 aromatic rings. The molecule has 2 heteroatoms. The maximum Gasteiger partial charge on any atom is 0.0543 e. The minimum absolute atomic E-state index is 0.138. The summed E-state index contributed by atoms with van der Waals surface area (Å²) in [4.78, 5) is 2.66. The fourth-order valence-corrected chi connectivity index (χ4v) is 15.0. The summed E-state index contributed by atoms with van der Waals surface area (Å²) in [6.07, 6.45) is 13.6. The molecular formula is C52H45NS. The average Bonchev–Trinajstić information content (AvgIpc) is 3.82. The lowest BCUT2D eigenvalue weighted by Crippen LogP contribution is -2.55. The molecule has 0 saturated heterocycles. The number of benzene rings is 6.